The summed E-state index contributed by atoms with van der Waals surface area (Å²) in [5, 5.41) is 9.63. The number of thioether (sulfide) groups is 1. The van der Waals surface area contributed by atoms with Gasteiger partial charge in [0, 0.05) is 25.0 Å². The number of nitrogens with zero attached hydrogens (tertiary/aromatic N) is 5. The lowest BCUT2D eigenvalue weighted by molar-refractivity contribution is -0.129. The first-order valence-electron chi connectivity index (χ1n) is 11.5. The molecular weight excluding hydrogens is 442 g/mol. The molecule has 0 unspecified atom stereocenters. The van der Waals surface area contributed by atoms with Crippen LogP contribution in [0.3, 0.4) is 0 Å². The molecule has 0 saturated carbocycles. The maximum absolute atomic E-state index is 13.2. The summed E-state index contributed by atoms with van der Waals surface area (Å²) in [6, 6.07) is 22.7. The third-order valence-corrected chi connectivity index (χ3v) is 7.30. The van der Waals surface area contributed by atoms with Crippen LogP contribution in [-0.2, 0) is 17.8 Å². The third kappa shape index (κ3) is 4.75. The van der Waals surface area contributed by atoms with Gasteiger partial charge in [-0.15, -0.1) is 10.2 Å². The molecule has 2 heterocycles. The molecule has 0 spiro atoms. The predicted molar refractivity (Wildman–Crippen MR) is 134 cm³/mol. The number of hydrogen-bond donors (Lipinski definition) is 0. The molecule has 0 aliphatic heterocycles. The molecule has 2 aromatic carbocycles. The van der Waals surface area contributed by atoms with Crippen molar-refractivity contribution in [3.63, 3.8) is 0 Å². The van der Waals surface area contributed by atoms with Gasteiger partial charge in [0.1, 0.15) is 0 Å². The highest BCUT2D eigenvalue weighted by Crippen LogP contribution is 2.34. The standard InChI is InChI=1S/C27H27N5OS/c1-31(24-15-7-12-21-11-5-6-14-23(21)24)25(33)19-34-27-30-29-26(22-13-8-16-28-17-22)32(27)18-20-9-3-2-4-10-20/h2-6,8-11,13-14,16-17,24H,7,12,15,18-19H2,1H3/t24-/m0/s1. The van der Waals surface area contributed by atoms with Crippen LogP contribution in [-0.4, -0.2) is 43.4 Å². The van der Waals surface area contributed by atoms with Crippen molar-refractivity contribution in [3.8, 4) is 11.4 Å². The van der Waals surface area contributed by atoms with Crippen molar-refractivity contribution in [1.82, 2.24) is 24.6 Å². The molecule has 0 N–H and O–H groups in total. The highest BCUT2D eigenvalue weighted by Gasteiger charge is 2.27. The van der Waals surface area contributed by atoms with Crippen LogP contribution < -0.4 is 0 Å². The van der Waals surface area contributed by atoms with Crippen LogP contribution in [0.1, 0.15) is 35.6 Å². The Labute approximate surface area is 204 Å². The number of fused-ring (bicyclic) bond motifs is 1. The summed E-state index contributed by atoms with van der Waals surface area (Å²) >= 11 is 1.44. The minimum atomic E-state index is 0.101. The highest BCUT2D eigenvalue weighted by atomic mass is 32.2. The number of carbonyl (C=O) groups is 1. The van der Waals surface area contributed by atoms with E-state index in [1.165, 1.54) is 22.9 Å². The number of benzene rings is 2. The number of rotatable bonds is 7. The minimum absolute atomic E-state index is 0.101. The highest BCUT2D eigenvalue weighted by molar-refractivity contribution is 7.99. The predicted octanol–water partition coefficient (Wildman–Crippen LogP) is 5.02. The van der Waals surface area contributed by atoms with Gasteiger partial charge >= 0.3 is 0 Å². The van der Waals surface area contributed by atoms with Gasteiger partial charge in [-0.3, -0.25) is 14.3 Å². The first kappa shape index (κ1) is 22.3. The average molecular weight is 470 g/mol. The Morgan fingerprint density at radius 3 is 2.71 bits per heavy atom. The van der Waals surface area contributed by atoms with Crippen molar-refractivity contribution >= 4 is 17.7 Å². The van der Waals surface area contributed by atoms with E-state index >= 15 is 0 Å². The summed E-state index contributed by atoms with van der Waals surface area (Å²) in [7, 11) is 1.92. The fourth-order valence-corrected chi connectivity index (χ4v) is 5.41. The number of pyridine rings is 1. The van der Waals surface area contributed by atoms with Crippen LogP contribution >= 0.6 is 11.8 Å². The van der Waals surface area contributed by atoms with Crippen molar-refractivity contribution in [1.29, 1.82) is 0 Å². The summed E-state index contributed by atoms with van der Waals surface area (Å²) in [4.78, 5) is 19.4. The zero-order valence-electron chi connectivity index (χ0n) is 19.2. The Balaban J connectivity index is 1.35. The monoisotopic (exact) mass is 469 g/mol. The molecule has 6 nitrogen and oxygen atoms in total. The van der Waals surface area contributed by atoms with E-state index in [-0.39, 0.29) is 11.9 Å². The largest absolute Gasteiger partial charge is 0.338 e. The van der Waals surface area contributed by atoms with Gasteiger partial charge in [-0.1, -0.05) is 66.4 Å². The van der Waals surface area contributed by atoms with Crippen molar-refractivity contribution in [2.75, 3.05) is 12.8 Å². The van der Waals surface area contributed by atoms with Crippen molar-refractivity contribution in [2.24, 2.45) is 0 Å². The van der Waals surface area contributed by atoms with Gasteiger partial charge in [-0.25, -0.2) is 0 Å². The van der Waals surface area contributed by atoms with E-state index in [1.807, 2.05) is 42.3 Å². The second kappa shape index (κ2) is 10.2. The third-order valence-electron chi connectivity index (χ3n) is 6.34. The summed E-state index contributed by atoms with van der Waals surface area (Å²) in [5.41, 5.74) is 4.69. The first-order valence-corrected chi connectivity index (χ1v) is 12.5. The molecule has 4 aromatic rings. The summed E-state index contributed by atoms with van der Waals surface area (Å²) in [6.07, 6.45) is 6.73. The lowest BCUT2D eigenvalue weighted by atomic mass is 9.87. The molecule has 34 heavy (non-hydrogen) atoms. The number of aryl methyl sites for hydroxylation is 1. The van der Waals surface area contributed by atoms with E-state index in [0.29, 0.717) is 12.3 Å². The maximum Gasteiger partial charge on any atom is 0.233 e. The fourth-order valence-electron chi connectivity index (χ4n) is 4.55. The molecule has 172 valence electrons. The number of amides is 1. The van der Waals surface area contributed by atoms with Gasteiger partial charge in [0.25, 0.3) is 0 Å². The molecule has 2 aromatic heterocycles. The maximum atomic E-state index is 13.2. The molecule has 1 aliphatic rings. The lowest BCUT2D eigenvalue weighted by Gasteiger charge is -2.33. The second-order valence-electron chi connectivity index (χ2n) is 8.52. The number of hydrogen-bond acceptors (Lipinski definition) is 5. The molecule has 5 rings (SSSR count). The van der Waals surface area contributed by atoms with Crippen LogP contribution in [0.4, 0.5) is 0 Å². The Hall–Kier alpha value is -3.45. The quantitative estimate of drug-likeness (QED) is 0.356. The molecule has 1 aliphatic carbocycles. The molecule has 0 saturated heterocycles. The van der Waals surface area contributed by atoms with Crippen molar-refractivity contribution in [3.05, 3.63) is 95.8 Å². The average Bonchev–Trinajstić information content (AvgIpc) is 3.29. The van der Waals surface area contributed by atoms with Gasteiger partial charge in [-0.2, -0.15) is 0 Å². The Bertz CT molecular complexity index is 1260. The van der Waals surface area contributed by atoms with E-state index in [0.717, 1.165) is 41.4 Å². The van der Waals surface area contributed by atoms with Crippen molar-refractivity contribution in [2.45, 2.75) is 37.0 Å². The topological polar surface area (TPSA) is 63.9 Å². The van der Waals surface area contributed by atoms with Gasteiger partial charge in [-0.05, 0) is 48.1 Å². The summed E-state index contributed by atoms with van der Waals surface area (Å²) < 4.78 is 2.07. The lowest BCUT2D eigenvalue weighted by Crippen LogP contribution is -2.34. The van der Waals surface area contributed by atoms with E-state index in [4.69, 9.17) is 0 Å². The minimum Gasteiger partial charge on any atom is -0.338 e. The SMILES string of the molecule is CN(C(=O)CSc1nnc(-c2cccnc2)n1Cc1ccccc1)[C@H]1CCCc2ccccc21. The van der Waals surface area contributed by atoms with E-state index in [1.54, 1.807) is 12.4 Å². The van der Waals surface area contributed by atoms with Gasteiger partial charge in [0.2, 0.25) is 5.91 Å². The second-order valence-corrected chi connectivity index (χ2v) is 9.46. The first-order chi connectivity index (χ1) is 16.7. The summed E-state index contributed by atoms with van der Waals surface area (Å²) in [5.74, 6) is 1.17. The van der Waals surface area contributed by atoms with Crippen LogP contribution in [0.25, 0.3) is 11.4 Å². The molecule has 1 atom stereocenters. The molecular formula is C27H27N5OS. The van der Waals surface area contributed by atoms with E-state index in [9.17, 15) is 4.79 Å². The van der Waals surface area contributed by atoms with Gasteiger partial charge < -0.3 is 4.90 Å². The molecule has 0 bridgehead atoms. The Morgan fingerprint density at radius 1 is 1.06 bits per heavy atom. The summed E-state index contributed by atoms with van der Waals surface area (Å²) in [6.45, 7) is 0.625. The van der Waals surface area contributed by atoms with E-state index in [2.05, 4.69) is 56.1 Å². The van der Waals surface area contributed by atoms with Crippen LogP contribution in [0.2, 0.25) is 0 Å². The van der Waals surface area contributed by atoms with Gasteiger partial charge in [0.15, 0.2) is 11.0 Å². The van der Waals surface area contributed by atoms with Crippen LogP contribution in [0, 0.1) is 0 Å². The van der Waals surface area contributed by atoms with Crippen LogP contribution in [0.15, 0.2) is 84.3 Å². The Morgan fingerprint density at radius 2 is 1.88 bits per heavy atom. The van der Waals surface area contributed by atoms with Crippen molar-refractivity contribution < 1.29 is 4.79 Å². The smallest absolute Gasteiger partial charge is 0.233 e. The molecule has 0 radical (unpaired) electrons. The van der Waals surface area contributed by atoms with Gasteiger partial charge in [0.05, 0.1) is 18.3 Å². The Kier molecular flexibility index (Phi) is 6.72. The zero-order chi connectivity index (χ0) is 23.3. The number of aromatic nitrogens is 4. The molecule has 7 heteroatoms. The zero-order valence-corrected chi connectivity index (χ0v) is 20.0. The van der Waals surface area contributed by atoms with E-state index < -0.39 is 0 Å². The normalized spacial score (nSPS) is 15.0. The molecule has 1 amide bonds. The molecule has 0 fully saturated rings. The number of carbonyl (C=O) groups excluding carboxylic acids is 1. The van der Waals surface area contributed by atoms with Crippen LogP contribution in [0.5, 0.6) is 0 Å². The fraction of sp³-hybridized carbons (Fsp3) is 0.259.